The first-order valence-electron chi connectivity index (χ1n) is 5.99. The Bertz CT molecular complexity index is 458. The largest absolute Gasteiger partial charge is 0.360 e. The zero-order chi connectivity index (χ0) is 13.6. The van der Waals surface area contributed by atoms with Crippen LogP contribution in [0.15, 0.2) is 0 Å². The lowest BCUT2D eigenvalue weighted by atomic mass is 10.4. The van der Waals surface area contributed by atoms with Crippen LogP contribution in [-0.2, 0) is 16.4 Å². The fourth-order valence-corrected chi connectivity index (χ4v) is 3.08. The molecule has 6 nitrogen and oxygen atoms in total. The lowest BCUT2D eigenvalue weighted by Crippen LogP contribution is -2.31. The van der Waals surface area contributed by atoms with Crippen LogP contribution in [0.3, 0.4) is 0 Å². The lowest BCUT2D eigenvalue weighted by Gasteiger charge is -2.17. The topological polar surface area (TPSA) is 75.2 Å². The molecular formula is C10H20N4O2S2. The zero-order valence-electron chi connectivity index (χ0n) is 11.0. The van der Waals surface area contributed by atoms with Crippen molar-refractivity contribution in [1.82, 2.24) is 13.7 Å². The van der Waals surface area contributed by atoms with Gasteiger partial charge >= 0.3 is 0 Å². The van der Waals surface area contributed by atoms with Crippen molar-refractivity contribution in [3.8, 4) is 0 Å². The number of rotatable bonds is 8. The van der Waals surface area contributed by atoms with Crippen molar-refractivity contribution in [1.29, 1.82) is 0 Å². The van der Waals surface area contributed by atoms with Gasteiger partial charge in [0, 0.05) is 37.6 Å². The molecule has 18 heavy (non-hydrogen) atoms. The molecule has 0 aliphatic rings. The average molecular weight is 292 g/mol. The van der Waals surface area contributed by atoms with Crippen LogP contribution >= 0.6 is 11.5 Å². The van der Waals surface area contributed by atoms with Crippen LogP contribution in [-0.4, -0.2) is 48.0 Å². The maximum Gasteiger partial charge on any atom is 0.211 e. The number of nitrogens with one attached hydrogen (secondary N) is 1. The minimum Gasteiger partial charge on any atom is -0.360 e. The van der Waals surface area contributed by atoms with Crippen molar-refractivity contribution in [2.45, 2.75) is 26.7 Å². The molecular weight excluding hydrogens is 272 g/mol. The molecule has 8 heteroatoms. The van der Waals surface area contributed by atoms with Crippen LogP contribution < -0.4 is 5.32 Å². The van der Waals surface area contributed by atoms with E-state index in [4.69, 9.17) is 0 Å². The highest BCUT2D eigenvalue weighted by molar-refractivity contribution is 7.88. The second kappa shape index (κ2) is 7.01. The van der Waals surface area contributed by atoms with E-state index in [1.165, 1.54) is 22.1 Å². The third kappa shape index (κ3) is 4.87. The molecule has 0 spiro atoms. The molecule has 0 amide bonds. The molecule has 0 fully saturated rings. The highest BCUT2D eigenvalue weighted by atomic mass is 32.2. The maximum absolute atomic E-state index is 11.4. The average Bonchev–Trinajstić information content (AvgIpc) is 2.75. The second-order valence-electron chi connectivity index (χ2n) is 3.90. The molecule has 1 rings (SSSR count). The summed E-state index contributed by atoms with van der Waals surface area (Å²) in [5, 5.41) is 3.95. The van der Waals surface area contributed by atoms with Crippen molar-refractivity contribution in [3.05, 3.63) is 5.82 Å². The van der Waals surface area contributed by atoms with Gasteiger partial charge in [-0.2, -0.15) is 4.37 Å². The second-order valence-corrected chi connectivity index (χ2v) is 6.64. The number of anilines is 1. The van der Waals surface area contributed by atoms with Gasteiger partial charge in [-0.05, 0) is 6.42 Å². The Kier molecular flexibility index (Phi) is 5.97. The molecule has 0 saturated carbocycles. The number of aromatic nitrogens is 2. The van der Waals surface area contributed by atoms with Crippen molar-refractivity contribution in [2.24, 2.45) is 0 Å². The molecule has 1 N–H and O–H groups in total. The number of aryl methyl sites for hydroxylation is 1. The third-order valence-corrected chi connectivity index (χ3v) is 4.56. The zero-order valence-corrected chi connectivity index (χ0v) is 12.6. The van der Waals surface area contributed by atoms with Gasteiger partial charge in [-0.3, -0.25) is 0 Å². The molecule has 1 heterocycles. The van der Waals surface area contributed by atoms with E-state index < -0.39 is 10.0 Å². The van der Waals surface area contributed by atoms with E-state index in [0.29, 0.717) is 19.6 Å². The van der Waals surface area contributed by atoms with Gasteiger partial charge in [-0.1, -0.05) is 13.8 Å². The third-order valence-electron chi connectivity index (χ3n) is 2.47. The van der Waals surface area contributed by atoms with Crippen LogP contribution in [0.2, 0.25) is 0 Å². The van der Waals surface area contributed by atoms with E-state index in [1.807, 2.05) is 13.8 Å². The molecule has 0 bridgehead atoms. The van der Waals surface area contributed by atoms with Crippen molar-refractivity contribution < 1.29 is 8.42 Å². The van der Waals surface area contributed by atoms with E-state index in [2.05, 4.69) is 14.7 Å². The number of hydrogen-bond donors (Lipinski definition) is 1. The maximum atomic E-state index is 11.4. The first-order chi connectivity index (χ1) is 8.47. The molecule has 0 aliphatic carbocycles. The summed E-state index contributed by atoms with van der Waals surface area (Å²) in [6, 6.07) is 0. The van der Waals surface area contributed by atoms with Crippen LogP contribution in [0.4, 0.5) is 5.13 Å². The molecule has 0 saturated heterocycles. The van der Waals surface area contributed by atoms with Gasteiger partial charge in [0.25, 0.3) is 0 Å². The summed E-state index contributed by atoms with van der Waals surface area (Å²) in [4.78, 5) is 4.28. The molecule has 1 aromatic heterocycles. The highest BCUT2D eigenvalue weighted by Gasteiger charge is 2.13. The van der Waals surface area contributed by atoms with E-state index in [1.54, 1.807) is 0 Å². The van der Waals surface area contributed by atoms with Gasteiger partial charge in [0.05, 0.1) is 6.26 Å². The predicted octanol–water partition coefficient (Wildman–Crippen LogP) is 1.18. The standard InChI is InChI=1S/C10H20N4O2S2/c1-4-9-12-10(17-13-9)11-7-6-8-14(5-2)18(3,15)16/h4-8H2,1-3H3,(H,11,12,13). The van der Waals surface area contributed by atoms with E-state index >= 15 is 0 Å². The van der Waals surface area contributed by atoms with Gasteiger partial charge in [-0.25, -0.2) is 17.7 Å². The fourth-order valence-electron chi connectivity index (χ4n) is 1.48. The molecule has 0 radical (unpaired) electrons. The fraction of sp³-hybridized carbons (Fsp3) is 0.800. The smallest absolute Gasteiger partial charge is 0.211 e. The summed E-state index contributed by atoms with van der Waals surface area (Å²) in [6.45, 7) is 5.59. The monoisotopic (exact) mass is 292 g/mol. The van der Waals surface area contributed by atoms with Gasteiger partial charge in [0.1, 0.15) is 5.82 Å². The SMILES string of the molecule is CCc1nsc(NCCCN(CC)S(C)(=O)=O)n1. The van der Waals surface area contributed by atoms with Gasteiger partial charge < -0.3 is 5.32 Å². The van der Waals surface area contributed by atoms with Crippen molar-refractivity contribution >= 4 is 26.7 Å². The molecule has 0 unspecified atom stereocenters. The first-order valence-corrected chi connectivity index (χ1v) is 8.61. The molecule has 0 atom stereocenters. The van der Waals surface area contributed by atoms with E-state index in [9.17, 15) is 8.42 Å². The van der Waals surface area contributed by atoms with Crippen LogP contribution in [0.5, 0.6) is 0 Å². The van der Waals surface area contributed by atoms with Gasteiger partial charge in [0.2, 0.25) is 15.2 Å². The minimum atomic E-state index is -3.08. The van der Waals surface area contributed by atoms with Crippen LogP contribution in [0, 0.1) is 0 Å². The summed E-state index contributed by atoms with van der Waals surface area (Å²) in [5.41, 5.74) is 0. The molecule has 104 valence electrons. The van der Waals surface area contributed by atoms with Gasteiger partial charge in [0.15, 0.2) is 0 Å². The summed E-state index contributed by atoms with van der Waals surface area (Å²) in [5.74, 6) is 0.842. The van der Waals surface area contributed by atoms with Gasteiger partial charge in [-0.15, -0.1) is 0 Å². The highest BCUT2D eigenvalue weighted by Crippen LogP contribution is 2.11. The Morgan fingerprint density at radius 2 is 2.11 bits per heavy atom. The Hall–Kier alpha value is -0.730. The number of sulfonamides is 1. The quantitative estimate of drug-likeness (QED) is 0.728. The predicted molar refractivity (Wildman–Crippen MR) is 74.5 cm³/mol. The number of hydrogen-bond acceptors (Lipinski definition) is 6. The normalized spacial score (nSPS) is 12.0. The summed E-state index contributed by atoms with van der Waals surface area (Å²) in [7, 11) is -3.08. The summed E-state index contributed by atoms with van der Waals surface area (Å²) < 4.78 is 28.3. The van der Waals surface area contributed by atoms with Crippen molar-refractivity contribution in [3.63, 3.8) is 0 Å². The van der Waals surface area contributed by atoms with E-state index in [-0.39, 0.29) is 0 Å². The Balaban J connectivity index is 2.30. The minimum absolute atomic E-state index is 0.512. The van der Waals surface area contributed by atoms with Crippen LogP contribution in [0.25, 0.3) is 0 Å². The molecule has 1 aromatic rings. The lowest BCUT2D eigenvalue weighted by molar-refractivity contribution is 0.429. The number of nitrogens with zero attached hydrogens (tertiary/aromatic N) is 3. The first kappa shape index (κ1) is 15.3. The molecule has 0 aliphatic heterocycles. The van der Waals surface area contributed by atoms with E-state index in [0.717, 1.165) is 23.8 Å². The van der Waals surface area contributed by atoms with Crippen molar-refractivity contribution in [2.75, 3.05) is 31.2 Å². The Labute approximate surface area is 113 Å². The summed E-state index contributed by atoms with van der Waals surface area (Å²) >= 11 is 1.34. The Morgan fingerprint density at radius 1 is 1.39 bits per heavy atom. The summed E-state index contributed by atoms with van der Waals surface area (Å²) in [6.07, 6.45) is 2.82. The Morgan fingerprint density at radius 3 is 2.61 bits per heavy atom. The van der Waals surface area contributed by atoms with Crippen LogP contribution in [0.1, 0.15) is 26.1 Å². The molecule has 0 aromatic carbocycles.